The van der Waals surface area contributed by atoms with Gasteiger partial charge in [-0.05, 0) is 60.0 Å². The van der Waals surface area contributed by atoms with Crippen LogP contribution in [-0.4, -0.2) is 24.6 Å². The van der Waals surface area contributed by atoms with Crippen LogP contribution in [0.1, 0.15) is 60.5 Å². The van der Waals surface area contributed by atoms with Gasteiger partial charge in [0.25, 0.3) is 5.91 Å². The number of nitrogens with zero attached hydrogens (tertiary/aromatic N) is 1. The van der Waals surface area contributed by atoms with Crippen LogP contribution in [0.15, 0.2) is 84.0 Å². The van der Waals surface area contributed by atoms with Crippen LogP contribution in [0.5, 0.6) is 5.75 Å². The summed E-state index contributed by atoms with van der Waals surface area (Å²) >= 11 is 0. The van der Waals surface area contributed by atoms with E-state index >= 15 is 0 Å². The van der Waals surface area contributed by atoms with E-state index in [0.717, 1.165) is 29.9 Å². The van der Waals surface area contributed by atoms with Crippen molar-refractivity contribution in [2.45, 2.75) is 45.4 Å². The highest BCUT2D eigenvalue weighted by Crippen LogP contribution is 2.13. The van der Waals surface area contributed by atoms with Crippen LogP contribution in [0.3, 0.4) is 0 Å². The predicted octanol–water partition coefficient (Wildman–Crippen LogP) is 5.98. The zero-order chi connectivity index (χ0) is 24.7. The summed E-state index contributed by atoms with van der Waals surface area (Å²) in [6.45, 7) is 2.93. The van der Waals surface area contributed by atoms with Gasteiger partial charge in [0.1, 0.15) is 5.75 Å². The smallest absolute Gasteiger partial charge is 0.271 e. The van der Waals surface area contributed by atoms with Crippen LogP contribution in [0, 0.1) is 0 Å². The maximum Gasteiger partial charge on any atom is 0.271 e. The molecule has 0 bridgehead atoms. The predicted molar refractivity (Wildman–Crippen MR) is 141 cm³/mol. The largest absolute Gasteiger partial charge is 0.494 e. The van der Waals surface area contributed by atoms with Crippen LogP contribution >= 0.6 is 0 Å². The molecule has 2 N–H and O–H groups in total. The number of anilines is 1. The number of ether oxygens (including phenoxy) is 1. The Kier molecular flexibility index (Phi) is 10.5. The minimum atomic E-state index is -0.358. The van der Waals surface area contributed by atoms with E-state index in [1.54, 1.807) is 30.5 Å². The second-order valence-corrected chi connectivity index (χ2v) is 8.32. The van der Waals surface area contributed by atoms with Crippen LogP contribution in [-0.2, 0) is 11.2 Å². The molecule has 6 heteroatoms. The fourth-order valence-electron chi connectivity index (χ4n) is 3.50. The van der Waals surface area contributed by atoms with Gasteiger partial charge in [-0.3, -0.25) is 9.59 Å². The average molecular weight is 472 g/mol. The Balaban J connectivity index is 1.44. The van der Waals surface area contributed by atoms with Crippen LogP contribution < -0.4 is 15.5 Å². The Bertz CT molecular complexity index is 1100. The number of hydrazone groups is 1. The third kappa shape index (κ3) is 9.45. The van der Waals surface area contributed by atoms with Gasteiger partial charge in [0.15, 0.2) is 0 Å². The zero-order valence-electron chi connectivity index (χ0n) is 20.2. The molecule has 0 aromatic heterocycles. The number of carbonyl (C=O) groups excluding carboxylic acids is 2. The van der Waals surface area contributed by atoms with E-state index in [-0.39, 0.29) is 18.2 Å². The van der Waals surface area contributed by atoms with Crippen molar-refractivity contribution in [1.29, 1.82) is 0 Å². The molecule has 0 heterocycles. The van der Waals surface area contributed by atoms with Gasteiger partial charge >= 0.3 is 0 Å². The van der Waals surface area contributed by atoms with Crippen molar-refractivity contribution >= 4 is 23.7 Å². The molecule has 3 rings (SSSR count). The second-order valence-electron chi connectivity index (χ2n) is 8.32. The maximum absolute atomic E-state index is 12.5. The molecule has 3 aromatic carbocycles. The fraction of sp³-hybridized carbons (Fsp3) is 0.276. The maximum atomic E-state index is 12.5. The van der Waals surface area contributed by atoms with E-state index in [1.165, 1.54) is 25.7 Å². The third-order valence-electron chi connectivity index (χ3n) is 5.39. The highest BCUT2D eigenvalue weighted by Gasteiger charge is 2.08. The first kappa shape index (κ1) is 25.7. The van der Waals surface area contributed by atoms with Crippen molar-refractivity contribution in [3.05, 3.63) is 95.6 Å². The average Bonchev–Trinajstić information content (AvgIpc) is 2.87. The molecule has 0 fully saturated rings. The molecule has 0 unspecified atom stereocenters. The van der Waals surface area contributed by atoms with Crippen molar-refractivity contribution in [3.63, 3.8) is 0 Å². The van der Waals surface area contributed by atoms with Crippen LogP contribution in [0.25, 0.3) is 0 Å². The molecule has 6 nitrogen and oxygen atoms in total. The third-order valence-corrected chi connectivity index (χ3v) is 5.39. The van der Waals surface area contributed by atoms with E-state index in [2.05, 4.69) is 22.8 Å². The molecule has 182 valence electrons. The van der Waals surface area contributed by atoms with Gasteiger partial charge < -0.3 is 10.1 Å². The highest BCUT2D eigenvalue weighted by molar-refractivity contribution is 5.98. The standard InChI is InChI=1S/C29H33N3O3/c1-2-3-4-5-9-19-35-27-17-15-24(16-18-27)22-30-32-29(34)25-13-10-14-26(21-25)31-28(33)20-23-11-7-6-8-12-23/h6-8,10-18,21-22H,2-5,9,19-20H2,1H3,(H,31,33)(H,32,34). The lowest BCUT2D eigenvalue weighted by molar-refractivity contribution is -0.115. The lowest BCUT2D eigenvalue weighted by atomic mass is 10.1. The highest BCUT2D eigenvalue weighted by atomic mass is 16.5. The second kappa shape index (κ2) is 14.4. The summed E-state index contributed by atoms with van der Waals surface area (Å²) in [5.74, 6) is 0.326. The summed E-state index contributed by atoms with van der Waals surface area (Å²) in [6.07, 6.45) is 7.89. The first-order chi connectivity index (χ1) is 17.1. The van der Waals surface area contributed by atoms with Gasteiger partial charge in [0, 0.05) is 11.3 Å². The first-order valence-electron chi connectivity index (χ1n) is 12.1. The van der Waals surface area contributed by atoms with E-state index in [0.29, 0.717) is 11.3 Å². The molecule has 0 aliphatic rings. The molecule has 3 aromatic rings. The number of hydrogen-bond acceptors (Lipinski definition) is 4. The van der Waals surface area contributed by atoms with Crippen molar-refractivity contribution in [1.82, 2.24) is 5.43 Å². The fourth-order valence-corrected chi connectivity index (χ4v) is 3.50. The number of amides is 2. The molecule has 0 atom stereocenters. The van der Waals surface area contributed by atoms with Crippen molar-refractivity contribution in [2.24, 2.45) is 5.10 Å². The molecule has 0 saturated carbocycles. The Morgan fingerprint density at radius 2 is 1.66 bits per heavy atom. The SMILES string of the molecule is CCCCCCCOc1ccc(C=NNC(=O)c2cccc(NC(=O)Cc3ccccc3)c2)cc1. The number of hydrogen-bond donors (Lipinski definition) is 2. The number of rotatable bonds is 13. The zero-order valence-corrected chi connectivity index (χ0v) is 20.2. The first-order valence-corrected chi connectivity index (χ1v) is 12.1. The number of carbonyl (C=O) groups is 2. The Hall–Kier alpha value is -3.93. The lowest BCUT2D eigenvalue weighted by Gasteiger charge is -2.07. The van der Waals surface area contributed by atoms with Crippen molar-refractivity contribution in [2.75, 3.05) is 11.9 Å². The molecule has 0 spiro atoms. The van der Waals surface area contributed by atoms with E-state index in [4.69, 9.17) is 4.74 Å². The Labute approximate surface area is 207 Å². The number of nitrogens with one attached hydrogen (secondary N) is 2. The molecule has 0 aliphatic carbocycles. The molecule has 0 radical (unpaired) electrons. The van der Waals surface area contributed by atoms with Crippen LogP contribution in [0.4, 0.5) is 5.69 Å². The topological polar surface area (TPSA) is 79.8 Å². The molecular formula is C29H33N3O3. The van der Waals surface area contributed by atoms with Crippen molar-refractivity contribution in [3.8, 4) is 5.75 Å². The summed E-state index contributed by atoms with van der Waals surface area (Å²) in [5.41, 5.74) is 5.27. The Morgan fingerprint density at radius 1 is 0.886 bits per heavy atom. The van der Waals surface area contributed by atoms with Gasteiger partial charge in [0.05, 0.1) is 19.2 Å². The molecule has 0 aliphatic heterocycles. The van der Waals surface area contributed by atoms with Gasteiger partial charge in [-0.25, -0.2) is 5.43 Å². The van der Waals surface area contributed by atoms with Gasteiger partial charge in [0.2, 0.25) is 5.91 Å². The minimum absolute atomic E-state index is 0.143. The van der Waals surface area contributed by atoms with E-state index in [9.17, 15) is 9.59 Å². The summed E-state index contributed by atoms with van der Waals surface area (Å²) in [4.78, 5) is 24.8. The molecule has 2 amide bonds. The molecule has 35 heavy (non-hydrogen) atoms. The number of unbranched alkanes of at least 4 members (excludes halogenated alkanes) is 4. The van der Waals surface area contributed by atoms with Crippen LogP contribution in [0.2, 0.25) is 0 Å². The van der Waals surface area contributed by atoms with E-state index in [1.807, 2.05) is 54.6 Å². The quantitative estimate of drug-likeness (QED) is 0.183. The number of benzene rings is 3. The summed E-state index contributed by atoms with van der Waals surface area (Å²) in [5, 5.41) is 6.88. The van der Waals surface area contributed by atoms with Gasteiger partial charge in [-0.2, -0.15) is 5.10 Å². The minimum Gasteiger partial charge on any atom is -0.494 e. The molecular weight excluding hydrogens is 438 g/mol. The summed E-state index contributed by atoms with van der Waals surface area (Å²) in [6, 6.07) is 23.9. The lowest BCUT2D eigenvalue weighted by Crippen LogP contribution is -2.19. The van der Waals surface area contributed by atoms with Gasteiger partial charge in [-0.1, -0.05) is 69.0 Å². The molecule has 0 saturated heterocycles. The monoisotopic (exact) mass is 471 g/mol. The van der Waals surface area contributed by atoms with Gasteiger partial charge in [-0.15, -0.1) is 0 Å². The summed E-state index contributed by atoms with van der Waals surface area (Å²) in [7, 11) is 0. The van der Waals surface area contributed by atoms with E-state index < -0.39 is 0 Å². The summed E-state index contributed by atoms with van der Waals surface area (Å²) < 4.78 is 5.77. The Morgan fingerprint density at radius 3 is 2.43 bits per heavy atom. The normalized spacial score (nSPS) is 10.8. The van der Waals surface area contributed by atoms with Crippen molar-refractivity contribution < 1.29 is 14.3 Å².